The quantitative estimate of drug-likeness (QED) is 0.163. The molecule has 0 radical (unpaired) electrons. The minimum absolute atomic E-state index is 0. The van der Waals surface area contributed by atoms with E-state index in [-0.39, 0.29) is 21.1 Å². The largest absolute Gasteiger partial charge is 0.521 e. The summed E-state index contributed by atoms with van der Waals surface area (Å²) in [6.07, 6.45) is 3.56. The van der Waals surface area contributed by atoms with Gasteiger partial charge in [-0.1, -0.05) is 54.2 Å². The van der Waals surface area contributed by atoms with Crippen molar-refractivity contribution in [2.75, 3.05) is 16.8 Å². The SMILES string of the molecule is Cc1cc(C)c(-c2cc(Oc3[c-]c(-n4c5ccccc5c5cccnc54)ncc3)[c-]c(N3[CH-]N(C)c4ccccc43)c2)c(C)c1.[Pt]. The molecule has 0 aliphatic carbocycles. The zero-order chi connectivity index (χ0) is 30.7. The Hall–Kier alpha value is -4.93. The molecule has 3 aromatic heterocycles. The first-order valence-electron chi connectivity index (χ1n) is 15.0. The minimum atomic E-state index is 0. The van der Waals surface area contributed by atoms with Crippen molar-refractivity contribution in [3.8, 4) is 28.4 Å². The molecule has 0 N–H and O–H groups in total. The van der Waals surface area contributed by atoms with E-state index in [0.717, 1.165) is 44.6 Å². The van der Waals surface area contributed by atoms with Crippen molar-refractivity contribution in [2.45, 2.75) is 20.8 Å². The molecule has 7 heteroatoms. The van der Waals surface area contributed by atoms with Crippen LogP contribution in [0.3, 0.4) is 0 Å². The Morgan fingerprint density at radius 2 is 1.46 bits per heavy atom. The molecule has 4 aromatic carbocycles. The molecule has 46 heavy (non-hydrogen) atoms. The molecule has 1 aliphatic heterocycles. The summed E-state index contributed by atoms with van der Waals surface area (Å²) in [7, 11) is 2.06. The van der Waals surface area contributed by atoms with Gasteiger partial charge in [-0.25, -0.2) is 4.98 Å². The fourth-order valence-corrected chi connectivity index (χ4v) is 6.61. The Labute approximate surface area is 283 Å². The average Bonchev–Trinajstić information content (AvgIpc) is 3.56. The first-order valence-corrected chi connectivity index (χ1v) is 15.0. The maximum absolute atomic E-state index is 6.58. The molecular weight excluding hydrogens is 750 g/mol. The standard InChI is InChI=1S/C39H30N5O.Pt/c1-25-18-26(2)38(27(3)19-25)28-20-29(43-24-42(4)35-13-7-8-14-36(35)43)22-31(21-28)45-30-15-17-40-37(23-30)44-34-12-6-5-10-32(34)33-11-9-16-41-39(33)44;/h5-21,24H,1-4H3;/q-3;. The number of ether oxygens (including phenoxy) is 1. The number of hydrogen-bond acceptors (Lipinski definition) is 5. The average molecular weight is 780 g/mol. The van der Waals surface area contributed by atoms with Crippen molar-refractivity contribution in [1.29, 1.82) is 0 Å². The van der Waals surface area contributed by atoms with Crippen molar-refractivity contribution in [2.24, 2.45) is 0 Å². The smallest absolute Gasteiger partial charge is 0.145 e. The van der Waals surface area contributed by atoms with Crippen LogP contribution in [-0.2, 0) is 21.1 Å². The molecule has 0 fully saturated rings. The molecule has 4 heterocycles. The number of anilines is 3. The van der Waals surface area contributed by atoms with Crippen LogP contribution in [0.25, 0.3) is 38.9 Å². The third-order valence-electron chi connectivity index (χ3n) is 8.39. The zero-order valence-corrected chi connectivity index (χ0v) is 28.1. The number of fused-ring (bicyclic) bond motifs is 4. The van der Waals surface area contributed by atoms with Crippen LogP contribution >= 0.6 is 0 Å². The normalized spacial score (nSPS) is 12.4. The molecule has 0 saturated carbocycles. The Balaban J connectivity index is 0.00000338. The molecule has 7 aromatic rings. The summed E-state index contributed by atoms with van der Waals surface area (Å²) in [6, 6.07) is 38.2. The maximum Gasteiger partial charge on any atom is 0.145 e. The molecule has 0 bridgehead atoms. The van der Waals surface area contributed by atoms with E-state index in [4.69, 9.17) is 14.7 Å². The number of aromatic nitrogens is 3. The fourth-order valence-electron chi connectivity index (χ4n) is 6.61. The second-order valence-electron chi connectivity index (χ2n) is 11.6. The van der Waals surface area contributed by atoms with Gasteiger partial charge in [-0.15, -0.1) is 29.4 Å². The number of pyridine rings is 2. The molecule has 6 nitrogen and oxygen atoms in total. The zero-order valence-electron chi connectivity index (χ0n) is 25.9. The van der Waals surface area contributed by atoms with Gasteiger partial charge in [0.15, 0.2) is 0 Å². The van der Waals surface area contributed by atoms with Crippen LogP contribution in [0.2, 0.25) is 0 Å². The molecule has 1 aliphatic rings. The van der Waals surface area contributed by atoms with Gasteiger partial charge in [0.25, 0.3) is 0 Å². The van der Waals surface area contributed by atoms with Crippen LogP contribution in [0.4, 0.5) is 17.1 Å². The molecule has 0 spiro atoms. The van der Waals surface area contributed by atoms with E-state index in [1.165, 1.54) is 22.3 Å². The van der Waals surface area contributed by atoms with E-state index < -0.39 is 0 Å². The third kappa shape index (κ3) is 5.03. The van der Waals surface area contributed by atoms with Crippen molar-refractivity contribution in [3.05, 3.63) is 139 Å². The molecule has 0 unspecified atom stereocenters. The summed E-state index contributed by atoms with van der Waals surface area (Å²) in [5.41, 5.74) is 10.9. The van der Waals surface area contributed by atoms with Crippen LogP contribution < -0.4 is 14.5 Å². The first kappa shape index (κ1) is 29.8. The second-order valence-corrected chi connectivity index (χ2v) is 11.6. The molecule has 0 atom stereocenters. The minimum Gasteiger partial charge on any atom is -0.521 e. The van der Waals surface area contributed by atoms with Gasteiger partial charge >= 0.3 is 0 Å². The number of aryl methyl sites for hydroxylation is 3. The Morgan fingerprint density at radius 3 is 2.28 bits per heavy atom. The summed E-state index contributed by atoms with van der Waals surface area (Å²) in [6.45, 7) is 8.56. The number of nitrogens with zero attached hydrogens (tertiary/aromatic N) is 5. The number of rotatable bonds is 5. The van der Waals surface area contributed by atoms with E-state index in [1.807, 2.05) is 28.8 Å². The first-order chi connectivity index (χ1) is 21.9. The van der Waals surface area contributed by atoms with Crippen molar-refractivity contribution in [1.82, 2.24) is 14.5 Å². The van der Waals surface area contributed by atoms with E-state index in [9.17, 15) is 0 Å². The van der Waals surface area contributed by atoms with E-state index in [0.29, 0.717) is 17.3 Å². The summed E-state index contributed by atoms with van der Waals surface area (Å²) >= 11 is 0. The summed E-state index contributed by atoms with van der Waals surface area (Å²) in [4.78, 5) is 13.7. The van der Waals surface area contributed by atoms with Crippen molar-refractivity contribution < 1.29 is 25.8 Å². The third-order valence-corrected chi connectivity index (χ3v) is 8.39. The van der Waals surface area contributed by atoms with Crippen LogP contribution in [0.5, 0.6) is 11.5 Å². The van der Waals surface area contributed by atoms with Crippen LogP contribution in [0, 0.1) is 39.6 Å². The number of para-hydroxylation sites is 3. The van der Waals surface area contributed by atoms with E-state index in [2.05, 4.69) is 123 Å². The fraction of sp³-hybridized carbons (Fsp3) is 0.103. The molecule has 8 rings (SSSR count). The van der Waals surface area contributed by atoms with Crippen molar-refractivity contribution >= 4 is 39.0 Å². The number of hydrogen-bond donors (Lipinski definition) is 0. The summed E-state index contributed by atoms with van der Waals surface area (Å²) in [5, 5.41) is 2.18. The predicted molar refractivity (Wildman–Crippen MR) is 181 cm³/mol. The van der Waals surface area contributed by atoms with Crippen LogP contribution in [0.15, 0.2) is 103 Å². The van der Waals surface area contributed by atoms with E-state index >= 15 is 0 Å². The van der Waals surface area contributed by atoms with Gasteiger partial charge in [-0.2, -0.15) is 18.8 Å². The summed E-state index contributed by atoms with van der Waals surface area (Å²) < 4.78 is 8.62. The van der Waals surface area contributed by atoms with Crippen molar-refractivity contribution in [3.63, 3.8) is 0 Å². The monoisotopic (exact) mass is 779 g/mol. The Morgan fingerprint density at radius 1 is 0.717 bits per heavy atom. The van der Waals surface area contributed by atoms with E-state index in [1.54, 1.807) is 12.4 Å². The molecule has 0 amide bonds. The molecule has 230 valence electrons. The van der Waals surface area contributed by atoms with Gasteiger partial charge in [0.1, 0.15) is 5.65 Å². The molecule has 0 saturated heterocycles. The topological polar surface area (TPSA) is 46.4 Å². The van der Waals surface area contributed by atoms with Gasteiger partial charge in [0.2, 0.25) is 0 Å². The Bertz CT molecular complexity index is 2180. The van der Waals surface area contributed by atoms with Gasteiger partial charge < -0.3 is 14.5 Å². The van der Waals surface area contributed by atoms with Gasteiger partial charge in [0.05, 0.1) is 5.52 Å². The van der Waals surface area contributed by atoms with Crippen LogP contribution in [-0.4, -0.2) is 21.6 Å². The van der Waals surface area contributed by atoms with Crippen LogP contribution in [0.1, 0.15) is 16.7 Å². The number of benzene rings is 4. The van der Waals surface area contributed by atoms with Gasteiger partial charge in [-0.3, -0.25) is 9.55 Å². The molecular formula is C39H30N5OPt-3. The van der Waals surface area contributed by atoms with Gasteiger partial charge in [0, 0.05) is 61.0 Å². The predicted octanol–water partition coefficient (Wildman–Crippen LogP) is 9.26. The Kier molecular flexibility index (Phi) is 7.62. The van der Waals surface area contributed by atoms with Gasteiger partial charge in [-0.05, 0) is 80.6 Å². The maximum atomic E-state index is 6.58. The second kappa shape index (κ2) is 11.8. The summed E-state index contributed by atoms with van der Waals surface area (Å²) in [5.74, 6) is 1.75.